The minimum absolute atomic E-state index is 0.158. The molecule has 2 aromatic heterocycles. The molecule has 3 heterocycles. The van der Waals surface area contributed by atoms with E-state index in [0.717, 1.165) is 34.2 Å². The summed E-state index contributed by atoms with van der Waals surface area (Å²) >= 11 is 5.76. The lowest BCUT2D eigenvalue weighted by Gasteiger charge is -2.26. The van der Waals surface area contributed by atoms with Gasteiger partial charge in [-0.15, -0.1) is 0 Å². The van der Waals surface area contributed by atoms with E-state index in [-0.39, 0.29) is 12.1 Å². The zero-order valence-corrected chi connectivity index (χ0v) is 17.8. The summed E-state index contributed by atoms with van der Waals surface area (Å²) in [6.45, 7) is 0. The van der Waals surface area contributed by atoms with Crippen molar-refractivity contribution in [1.82, 2.24) is 10.3 Å². The van der Waals surface area contributed by atoms with Gasteiger partial charge in [-0.25, -0.2) is 0 Å². The van der Waals surface area contributed by atoms with Crippen molar-refractivity contribution in [2.75, 3.05) is 12.0 Å². The van der Waals surface area contributed by atoms with Crippen LogP contribution in [0.15, 0.2) is 95.5 Å². The van der Waals surface area contributed by atoms with Crippen molar-refractivity contribution >= 4 is 23.0 Å². The smallest absolute Gasteiger partial charge is 0.174 e. The Hall–Kier alpha value is -3.64. The number of aromatic nitrogens is 1. The Bertz CT molecular complexity index is 1190. The molecule has 0 saturated carbocycles. The largest absolute Gasteiger partial charge is 0.497 e. The van der Waals surface area contributed by atoms with Gasteiger partial charge in [-0.3, -0.25) is 4.98 Å². The Balaban J connectivity index is 1.61. The standard InChI is InChI=1S/C25H21N3O2S/c1-29-19-11-7-10-18(16-19)28-24(23(27-25(28)31)20-12-5-6-15-26-20)22-14-13-21(30-22)17-8-3-2-4-9-17/h2-16,23-24H,1H3,(H,27,31)/t23-,24-/m1/s1. The lowest BCUT2D eigenvalue weighted by atomic mass is 10.0. The van der Waals surface area contributed by atoms with Crippen molar-refractivity contribution in [3.05, 3.63) is 103 Å². The predicted molar refractivity (Wildman–Crippen MR) is 125 cm³/mol. The van der Waals surface area contributed by atoms with Gasteiger partial charge in [0, 0.05) is 23.5 Å². The van der Waals surface area contributed by atoms with E-state index in [1.165, 1.54) is 0 Å². The van der Waals surface area contributed by atoms with Crippen LogP contribution in [0.1, 0.15) is 23.5 Å². The number of rotatable bonds is 5. The van der Waals surface area contributed by atoms with Gasteiger partial charge in [0.25, 0.3) is 0 Å². The van der Waals surface area contributed by atoms with Gasteiger partial charge in [-0.1, -0.05) is 42.5 Å². The second-order valence-corrected chi connectivity index (χ2v) is 7.65. The number of nitrogens with one attached hydrogen (secondary N) is 1. The van der Waals surface area contributed by atoms with Gasteiger partial charge in [-0.2, -0.15) is 0 Å². The molecule has 154 valence electrons. The van der Waals surface area contributed by atoms with Crippen LogP contribution in [0.3, 0.4) is 0 Å². The Kier molecular flexibility index (Phi) is 5.14. The first-order valence-electron chi connectivity index (χ1n) is 10.0. The van der Waals surface area contributed by atoms with Crippen molar-refractivity contribution in [2.24, 2.45) is 0 Å². The molecule has 1 N–H and O–H groups in total. The van der Waals surface area contributed by atoms with Crippen molar-refractivity contribution in [3.8, 4) is 17.1 Å². The van der Waals surface area contributed by atoms with E-state index >= 15 is 0 Å². The van der Waals surface area contributed by atoms with E-state index in [1.54, 1.807) is 13.3 Å². The number of ether oxygens (including phenoxy) is 1. The fraction of sp³-hybridized carbons (Fsp3) is 0.120. The molecule has 0 spiro atoms. The molecule has 1 fully saturated rings. The first-order valence-corrected chi connectivity index (χ1v) is 10.5. The summed E-state index contributed by atoms with van der Waals surface area (Å²) in [7, 11) is 1.66. The number of hydrogen-bond acceptors (Lipinski definition) is 4. The average Bonchev–Trinajstić information content (AvgIpc) is 3.45. The molecule has 6 heteroatoms. The molecule has 0 bridgehead atoms. The SMILES string of the molecule is COc1cccc(N2C(=S)N[C@H](c3ccccn3)[C@H]2c2ccc(-c3ccccc3)o2)c1. The zero-order valence-electron chi connectivity index (χ0n) is 16.9. The van der Waals surface area contributed by atoms with Crippen LogP contribution in [0.2, 0.25) is 0 Å². The number of hydrogen-bond donors (Lipinski definition) is 1. The van der Waals surface area contributed by atoms with Gasteiger partial charge in [-0.05, 0) is 48.6 Å². The number of nitrogens with zero attached hydrogens (tertiary/aromatic N) is 2. The average molecular weight is 428 g/mol. The highest BCUT2D eigenvalue weighted by Crippen LogP contribution is 2.43. The molecule has 0 unspecified atom stereocenters. The number of methoxy groups -OCH3 is 1. The van der Waals surface area contributed by atoms with Crippen LogP contribution >= 0.6 is 12.2 Å². The normalized spacial score (nSPS) is 18.1. The highest BCUT2D eigenvalue weighted by molar-refractivity contribution is 7.80. The summed E-state index contributed by atoms with van der Waals surface area (Å²) in [5.41, 5.74) is 2.86. The Morgan fingerprint density at radius 1 is 0.968 bits per heavy atom. The summed E-state index contributed by atoms with van der Waals surface area (Å²) in [6.07, 6.45) is 1.79. The Morgan fingerprint density at radius 3 is 2.58 bits per heavy atom. The van der Waals surface area contributed by atoms with Crippen molar-refractivity contribution in [2.45, 2.75) is 12.1 Å². The second-order valence-electron chi connectivity index (χ2n) is 7.27. The van der Waals surface area contributed by atoms with E-state index in [9.17, 15) is 0 Å². The zero-order chi connectivity index (χ0) is 21.2. The maximum atomic E-state index is 6.36. The van der Waals surface area contributed by atoms with Crippen LogP contribution in [0.5, 0.6) is 5.75 Å². The van der Waals surface area contributed by atoms with Gasteiger partial charge < -0.3 is 19.4 Å². The monoisotopic (exact) mass is 427 g/mol. The molecule has 2 aromatic carbocycles. The Labute approximate surface area is 186 Å². The molecule has 0 radical (unpaired) electrons. The van der Waals surface area contributed by atoms with Gasteiger partial charge >= 0.3 is 0 Å². The van der Waals surface area contributed by atoms with Gasteiger partial charge in [0.15, 0.2) is 5.11 Å². The summed E-state index contributed by atoms with van der Waals surface area (Å²) in [6, 6.07) is 27.5. The fourth-order valence-electron chi connectivity index (χ4n) is 3.95. The highest BCUT2D eigenvalue weighted by atomic mass is 32.1. The lowest BCUT2D eigenvalue weighted by molar-refractivity contribution is 0.414. The minimum atomic E-state index is -0.202. The van der Waals surface area contributed by atoms with Crippen LogP contribution in [0, 0.1) is 0 Å². The van der Waals surface area contributed by atoms with E-state index in [0.29, 0.717) is 5.11 Å². The summed E-state index contributed by atoms with van der Waals surface area (Å²) < 4.78 is 11.8. The maximum absolute atomic E-state index is 6.36. The summed E-state index contributed by atoms with van der Waals surface area (Å²) in [5, 5.41) is 4.07. The summed E-state index contributed by atoms with van der Waals surface area (Å²) in [4.78, 5) is 6.66. The molecule has 1 aliphatic rings. The van der Waals surface area contributed by atoms with E-state index in [4.69, 9.17) is 21.4 Å². The quantitative estimate of drug-likeness (QED) is 0.423. The van der Waals surface area contributed by atoms with Crippen molar-refractivity contribution in [3.63, 3.8) is 0 Å². The topological polar surface area (TPSA) is 50.5 Å². The van der Waals surface area contributed by atoms with Crippen LogP contribution in [-0.2, 0) is 0 Å². The molecular weight excluding hydrogens is 406 g/mol. The third-order valence-corrected chi connectivity index (χ3v) is 5.72. The molecule has 2 atom stereocenters. The van der Waals surface area contributed by atoms with Crippen LogP contribution in [0.25, 0.3) is 11.3 Å². The van der Waals surface area contributed by atoms with Gasteiger partial charge in [0.05, 0.1) is 18.8 Å². The summed E-state index contributed by atoms with van der Waals surface area (Å²) in [5.74, 6) is 2.40. The van der Waals surface area contributed by atoms with Crippen LogP contribution < -0.4 is 15.0 Å². The van der Waals surface area contributed by atoms with Crippen LogP contribution in [-0.4, -0.2) is 17.2 Å². The third kappa shape index (κ3) is 3.66. The third-order valence-electron chi connectivity index (χ3n) is 5.41. The number of thiocarbonyl (C=S) groups is 1. The van der Waals surface area contributed by atoms with Gasteiger partial charge in [0.2, 0.25) is 0 Å². The van der Waals surface area contributed by atoms with E-state index < -0.39 is 0 Å². The number of benzene rings is 2. The van der Waals surface area contributed by atoms with E-state index in [2.05, 4.69) is 15.2 Å². The van der Waals surface area contributed by atoms with Gasteiger partial charge in [0.1, 0.15) is 23.3 Å². The maximum Gasteiger partial charge on any atom is 0.174 e. The molecule has 5 rings (SSSR count). The highest BCUT2D eigenvalue weighted by Gasteiger charge is 2.42. The lowest BCUT2D eigenvalue weighted by Crippen LogP contribution is -2.29. The molecule has 5 nitrogen and oxygen atoms in total. The van der Waals surface area contributed by atoms with Crippen molar-refractivity contribution < 1.29 is 9.15 Å². The molecular formula is C25H21N3O2S. The Morgan fingerprint density at radius 2 is 1.81 bits per heavy atom. The van der Waals surface area contributed by atoms with E-state index in [1.807, 2.05) is 84.9 Å². The molecule has 1 saturated heterocycles. The molecule has 0 amide bonds. The first-order chi connectivity index (χ1) is 15.2. The molecule has 31 heavy (non-hydrogen) atoms. The fourth-order valence-corrected chi connectivity index (χ4v) is 4.30. The first kappa shape index (κ1) is 19.3. The molecule has 4 aromatic rings. The molecule has 0 aliphatic carbocycles. The second kappa shape index (κ2) is 8.24. The minimum Gasteiger partial charge on any atom is -0.497 e. The van der Waals surface area contributed by atoms with Crippen molar-refractivity contribution in [1.29, 1.82) is 0 Å². The number of pyridine rings is 1. The van der Waals surface area contributed by atoms with Crippen LogP contribution in [0.4, 0.5) is 5.69 Å². The predicted octanol–water partition coefficient (Wildman–Crippen LogP) is 5.53. The number of furan rings is 1. The molecule has 1 aliphatic heterocycles. The number of anilines is 1.